The fourth-order valence-electron chi connectivity index (χ4n) is 4.55. The van der Waals surface area contributed by atoms with Crippen molar-refractivity contribution < 1.29 is 22.8 Å². The van der Waals surface area contributed by atoms with Crippen LogP contribution < -0.4 is 5.32 Å². The highest BCUT2D eigenvalue weighted by Crippen LogP contribution is 2.37. The van der Waals surface area contributed by atoms with Crippen molar-refractivity contribution in [2.75, 3.05) is 19.6 Å². The summed E-state index contributed by atoms with van der Waals surface area (Å²) in [5, 5.41) is 9.68. The second-order valence-corrected chi connectivity index (χ2v) is 9.13. The van der Waals surface area contributed by atoms with Gasteiger partial charge in [0.1, 0.15) is 5.60 Å². The van der Waals surface area contributed by atoms with E-state index in [1.54, 1.807) is 0 Å². The van der Waals surface area contributed by atoms with E-state index in [4.69, 9.17) is 21.9 Å². The highest BCUT2D eigenvalue weighted by Gasteiger charge is 2.43. The van der Waals surface area contributed by atoms with Gasteiger partial charge in [-0.05, 0) is 48.7 Å². The molecule has 1 aliphatic carbocycles. The zero-order valence-corrected chi connectivity index (χ0v) is 18.2. The Bertz CT molecular complexity index is 799. The third kappa shape index (κ3) is 5.68. The Kier molecular flexibility index (Phi) is 6.71. The summed E-state index contributed by atoms with van der Waals surface area (Å²) >= 11 is 5.34. The van der Waals surface area contributed by atoms with E-state index in [1.165, 1.54) is 44.2 Å². The largest absolute Gasteiger partial charge is 0.416 e. The van der Waals surface area contributed by atoms with E-state index in [2.05, 4.69) is 10.5 Å². The molecule has 1 N–H and O–H groups in total. The molecule has 1 saturated heterocycles. The van der Waals surface area contributed by atoms with Gasteiger partial charge in [0, 0.05) is 38.9 Å². The van der Waals surface area contributed by atoms with Gasteiger partial charge in [-0.15, -0.1) is 5.06 Å². The van der Waals surface area contributed by atoms with Crippen LogP contribution in [0, 0.1) is 5.92 Å². The van der Waals surface area contributed by atoms with Crippen molar-refractivity contribution in [2.24, 2.45) is 11.1 Å². The van der Waals surface area contributed by atoms with Crippen molar-refractivity contribution in [1.82, 2.24) is 10.4 Å². The van der Waals surface area contributed by atoms with Crippen LogP contribution in [0.3, 0.4) is 0 Å². The van der Waals surface area contributed by atoms with E-state index in [0.29, 0.717) is 54.7 Å². The van der Waals surface area contributed by atoms with Crippen LogP contribution in [0.2, 0.25) is 0 Å². The lowest BCUT2D eigenvalue weighted by Gasteiger charge is -2.36. The Hall–Kier alpha value is -1.87. The first-order valence-electron chi connectivity index (χ1n) is 11.0. The summed E-state index contributed by atoms with van der Waals surface area (Å²) in [6.45, 7) is 2.17. The highest BCUT2D eigenvalue weighted by atomic mass is 32.1. The Morgan fingerprint density at radius 1 is 1.16 bits per heavy atom. The minimum Gasteiger partial charge on any atom is -0.388 e. The van der Waals surface area contributed by atoms with Gasteiger partial charge in [-0.25, -0.2) is 0 Å². The summed E-state index contributed by atoms with van der Waals surface area (Å²) in [6.07, 6.45) is 4.09. The monoisotopic (exact) mass is 455 g/mol. The number of benzene rings is 1. The first kappa shape index (κ1) is 22.3. The van der Waals surface area contributed by atoms with Gasteiger partial charge in [0.15, 0.2) is 0 Å². The van der Waals surface area contributed by atoms with E-state index in [0.717, 1.165) is 18.7 Å². The molecular formula is C22H28F3N3O2S. The third-order valence-electron chi connectivity index (χ3n) is 6.49. The number of halogens is 3. The minimum absolute atomic E-state index is 0.413. The summed E-state index contributed by atoms with van der Waals surface area (Å²) in [6, 6.07) is 5.08. The molecule has 0 bridgehead atoms. The quantitative estimate of drug-likeness (QED) is 0.644. The number of hydrogen-bond donors (Lipinski definition) is 1. The van der Waals surface area contributed by atoms with Crippen LogP contribution in [0.25, 0.3) is 0 Å². The fourth-order valence-corrected chi connectivity index (χ4v) is 4.74. The van der Waals surface area contributed by atoms with Crippen LogP contribution in [0.4, 0.5) is 13.2 Å². The van der Waals surface area contributed by atoms with Gasteiger partial charge in [0.2, 0.25) is 0 Å². The smallest absolute Gasteiger partial charge is 0.388 e. The molecule has 1 aromatic rings. The molecule has 1 saturated carbocycles. The van der Waals surface area contributed by atoms with Crippen LogP contribution >= 0.6 is 12.2 Å². The molecule has 2 fully saturated rings. The predicted molar refractivity (Wildman–Crippen MR) is 115 cm³/mol. The van der Waals surface area contributed by atoms with Crippen LogP contribution in [0.1, 0.15) is 62.5 Å². The van der Waals surface area contributed by atoms with Gasteiger partial charge < -0.3 is 15.0 Å². The van der Waals surface area contributed by atoms with Crippen molar-refractivity contribution in [3.63, 3.8) is 0 Å². The van der Waals surface area contributed by atoms with Gasteiger partial charge in [-0.2, -0.15) is 13.2 Å². The number of alkyl halides is 3. The number of hydrogen-bond acceptors (Lipinski definition) is 5. The van der Waals surface area contributed by atoms with E-state index in [9.17, 15) is 13.2 Å². The minimum atomic E-state index is -4.34. The molecule has 1 spiro atoms. The molecule has 0 atom stereocenters. The first-order valence-corrected chi connectivity index (χ1v) is 11.4. The van der Waals surface area contributed by atoms with Crippen LogP contribution in [-0.4, -0.2) is 41.2 Å². The molecule has 2 aliphatic heterocycles. The summed E-state index contributed by atoms with van der Waals surface area (Å²) in [5.41, 5.74) is 0.267. The van der Waals surface area contributed by atoms with E-state index >= 15 is 0 Å². The fraction of sp³-hybridized carbons (Fsp3) is 0.636. The molecule has 0 unspecified atom stereocenters. The van der Waals surface area contributed by atoms with E-state index in [-0.39, 0.29) is 0 Å². The van der Waals surface area contributed by atoms with Gasteiger partial charge in [0.25, 0.3) is 5.17 Å². The molecule has 1 aromatic carbocycles. The maximum absolute atomic E-state index is 12.8. The molecule has 4 rings (SSSR count). The van der Waals surface area contributed by atoms with Crippen molar-refractivity contribution >= 4 is 23.1 Å². The number of hydroxylamine groups is 2. The number of piperidine rings is 1. The second-order valence-electron chi connectivity index (χ2n) is 8.76. The van der Waals surface area contributed by atoms with Crippen molar-refractivity contribution in [3.05, 3.63) is 35.4 Å². The average molecular weight is 456 g/mol. The summed E-state index contributed by atoms with van der Waals surface area (Å²) in [4.78, 5) is 11.6. The van der Waals surface area contributed by atoms with Gasteiger partial charge >= 0.3 is 6.18 Å². The molecule has 0 aromatic heterocycles. The highest BCUT2D eigenvalue weighted by molar-refractivity contribution is 7.80. The summed E-state index contributed by atoms with van der Waals surface area (Å²) in [7, 11) is 0. The molecule has 0 amide bonds. The zero-order valence-electron chi connectivity index (χ0n) is 17.4. The maximum Gasteiger partial charge on any atom is 0.416 e. The van der Waals surface area contributed by atoms with Crippen LogP contribution in [0.5, 0.6) is 0 Å². The maximum atomic E-state index is 12.8. The topological polar surface area (TPSA) is 46.1 Å². The van der Waals surface area contributed by atoms with Gasteiger partial charge in [-0.3, -0.25) is 0 Å². The van der Waals surface area contributed by atoms with Crippen molar-refractivity contribution in [3.8, 4) is 0 Å². The Balaban J connectivity index is 1.22. The Labute approximate surface area is 185 Å². The first-order chi connectivity index (χ1) is 14.8. The van der Waals surface area contributed by atoms with Crippen LogP contribution in [-0.2, 0) is 15.9 Å². The third-order valence-corrected chi connectivity index (χ3v) is 6.71. The molecule has 2 heterocycles. The summed E-state index contributed by atoms with van der Waals surface area (Å²) < 4.78 is 38.3. The number of rotatable bonds is 4. The number of nitrogens with one attached hydrogen (secondary N) is 1. The number of oxime groups is 1. The zero-order chi connectivity index (χ0) is 21.9. The Morgan fingerprint density at radius 2 is 1.84 bits per heavy atom. The summed E-state index contributed by atoms with van der Waals surface area (Å²) in [5.74, 6) is 0.674. The molecule has 170 valence electrons. The van der Waals surface area contributed by atoms with Gasteiger partial charge in [0.05, 0.1) is 11.3 Å². The number of thiocarbonyl (C=S) groups is 1. The second kappa shape index (κ2) is 9.32. The number of nitrogens with zero attached hydrogens (tertiary/aromatic N) is 2. The SMILES string of the molecule is FC(F)(F)c1ccc(C2=NOC3(CCN(OC(=S)NCC4CCCCC4)CC3)C2)cc1. The lowest BCUT2D eigenvalue weighted by molar-refractivity contribution is -0.145. The van der Waals surface area contributed by atoms with Crippen LogP contribution in [0.15, 0.2) is 29.4 Å². The van der Waals surface area contributed by atoms with Crippen molar-refractivity contribution in [2.45, 2.75) is 63.1 Å². The predicted octanol–water partition coefficient (Wildman–Crippen LogP) is 5.05. The standard InChI is InChI=1S/C22H28F3N3O2S/c23-22(24,25)18-8-6-17(7-9-18)19-14-21(30-27-19)10-12-28(13-11-21)29-20(31)26-15-16-4-2-1-3-5-16/h6-9,16H,1-5,10-15H2,(H,26,31). The molecular weight excluding hydrogens is 427 g/mol. The van der Waals surface area contributed by atoms with E-state index in [1.807, 2.05) is 5.06 Å². The molecule has 3 aliphatic rings. The van der Waals surface area contributed by atoms with Crippen molar-refractivity contribution in [1.29, 1.82) is 0 Å². The Morgan fingerprint density at radius 3 is 2.48 bits per heavy atom. The molecule has 9 heteroatoms. The lowest BCUT2D eigenvalue weighted by Crippen LogP contribution is -2.46. The van der Waals surface area contributed by atoms with E-state index < -0.39 is 17.3 Å². The molecule has 0 radical (unpaired) electrons. The average Bonchev–Trinajstić information content (AvgIpc) is 3.18. The normalized spacial score (nSPS) is 22.1. The van der Waals surface area contributed by atoms with Gasteiger partial charge in [-0.1, -0.05) is 36.6 Å². The lowest BCUT2D eigenvalue weighted by atomic mass is 9.86. The molecule has 31 heavy (non-hydrogen) atoms. The molecule has 5 nitrogen and oxygen atoms in total.